The largest absolute Gasteiger partial charge is 0.370 e. The van der Waals surface area contributed by atoms with Crippen molar-refractivity contribution < 1.29 is 0 Å². The van der Waals surface area contributed by atoms with Crippen molar-refractivity contribution in [2.45, 2.75) is 13.5 Å². The zero-order chi connectivity index (χ0) is 11.1. The molecular weight excluding hydrogens is 192 g/mol. The van der Waals surface area contributed by atoms with Crippen LogP contribution in [-0.4, -0.2) is 33.8 Å². The van der Waals surface area contributed by atoms with Gasteiger partial charge in [0.1, 0.15) is 12.7 Å². The van der Waals surface area contributed by atoms with E-state index in [2.05, 4.69) is 27.0 Å². The van der Waals surface area contributed by atoms with Crippen LogP contribution in [0.2, 0.25) is 0 Å². The number of guanidine groups is 1. The smallest absolute Gasteiger partial charge is 0.188 e. The predicted octanol–water partition coefficient (Wildman–Crippen LogP) is -0.241. The molecule has 3 N–H and O–H groups in total. The molecule has 6 nitrogen and oxygen atoms in total. The van der Waals surface area contributed by atoms with Crippen LogP contribution < -0.4 is 11.1 Å². The fourth-order valence-electron chi connectivity index (χ4n) is 0.923. The van der Waals surface area contributed by atoms with E-state index in [0.29, 0.717) is 25.6 Å². The number of aromatic nitrogens is 3. The molecule has 0 aromatic carbocycles. The van der Waals surface area contributed by atoms with Gasteiger partial charge in [-0.25, -0.2) is 9.98 Å². The van der Waals surface area contributed by atoms with Crippen LogP contribution in [0.5, 0.6) is 0 Å². The maximum Gasteiger partial charge on any atom is 0.188 e. The Morgan fingerprint density at radius 3 is 3.07 bits per heavy atom. The van der Waals surface area contributed by atoms with Crippen LogP contribution in [0.25, 0.3) is 0 Å². The SMILES string of the molecule is C=C(C)CN=C(N)NCCn1cncn1. The Labute approximate surface area is 88.9 Å². The van der Waals surface area contributed by atoms with Gasteiger partial charge >= 0.3 is 0 Å². The highest BCUT2D eigenvalue weighted by molar-refractivity contribution is 5.77. The number of nitrogens with zero attached hydrogens (tertiary/aromatic N) is 4. The Hall–Kier alpha value is -1.85. The standard InChI is InChI=1S/C9H16N6/c1-8(2)5-13-9(10)12-3-4-15-7-11-6-14-15/h6-7H,1,3-5H2,2H3,(H3,10,12,13). The van der Waals surface area contributed by atoms with E-state index in [1.54, 1.807) is 11.0 Å². The van der Waals surface area contributed by atoms with E-state index < -0.39 is 0 Å². The summed E-state index contributed by atoms with van der Waals surface area (Å²) in [4.78, 5) is 7.91. The molecule has 0 aliphatic carbocycles. The summed E-state index contributed by atoms with van der Waals surface area (Å²) >= 11 is 0. The van der Waals surface area contributed by atoms with Crippen molar-refractivity contribution in [2.24, 2.45) is 10.7 Å². The number of hydrogen-bond donors (Lipinski definition) is 2. The van der Waals surface area contributed by atoms with Gasteiger partial charge in [-0.05, 0) is 6.92 Å². The molecule has 1 heterocycles. The molecule has 0 saturated carbocycles. The molecule has 1 aromatic rings. The Bertz CT molecular complexity index is 326. The van der Waals surface area contributed by atoms with Gasteiger partial charge in [-0.3, -0.25) is 4.68 Å². The summed E-state index contributed by atoms with van der Waals surface area (Å²) in [6.07, 6.45) is 3.15. The van der Waals surface area contributed by atoms with Gasteiger partial charge in [0.2, 0.25) is 0 Å². The molecular formula is C9H16N6. The Morgan fingerprint density at radius 1 is 1.67 bits per heavy atom. The fourth-order valence-corrected chi connectivity index (χ4v) is 0.923. The maximum atomic E-state index is 5.61. The normalized spacial score (nSPS) is 11.4. The van der Waals surface area contributed by atoms with Gasteiger partial charge in [-0.2, -0.15) is 5.10 Å². The highest BCUT2D eigenvalue weighted by Gasteiger charge is 1.93. The molecule has 0 aliphatic rings. The minimum absolute atomic E-state index is 0.429. The first kappa shape index (κ1) is 11.2. The van der Waals surface area contributed by atoms with Crippen LogP contribution in [0.4, 0.5) is 0 Å². The molecule has 1 rings (SSSR count). The second kappa shape index (κ2) is 5.79. The van der Waals surface area contributed by atoms with Crippen molar-refractivity contribution in [3.8, 4) is 0 Å². The average molecular weight is 208 g/mol. The van der Waals surface area contributed by atoms with E-state index in [0.717, 1.165) is 5.57 Å². The summed E-state index contributed by atoms with van der Waals surface area (Å²) in [7, 11) is 0. The molecule has 82 valence electrons. The van der Waals surface area contributed by atoms with Gasteiger partial charge < -0.3 is 11.1 Å². The minimum Gasteiger partial charge on any atom is -0.370 e. The molecule has 0 bridgehead atoms. The summed E-state index contributed by atoms with van der Waals surface area (Å²) < 4.78 is 1.72. The van der Waals surface area contributed by atoms with Crippen molar-refractivity contribution in [1.82, 2.24) is 20.1 Å². The lowest BCUT2D eigenvalue weighted by Gasteiger charge is -2.05. The van der Waals surface area contributed by atoms with Crippen molar-refractivity contribution in [1.29, 1.82) is 0 Å². The third-order valence-electron chi connectivity index (χ3n) is 1.63. The van der Waals surface area contributed by atoms with Gasteiger partial charge in [0.05, 0.1) is 13.1 Å². The Morgan fingerprint density at radius 2 is 2.47 bits per heavy atom. The number of hydrogen-bond acceptors (Lipinski definition) is 3. The Kier molecular flexibility index (Phi) is 4.33. The second-order valence-corrected chi connectivity index (χ2v) is 3.24. The molecule has 0 atom stereocenters. The average Bonchev–Trinajstić information content (AvgIpc) is 2.67. The zero-order valence-corrected chi connectivity index (χ0v) is 8.85. The van der Waals surface area contributed by atoms with Gasteiger partial charge in [-0.1, -0.05) is 12.2 Å². The van der Waals surface area contributed by atoms with E-state index in [1.807, 2.05) is 6.92 Å². The van der Waals surface area contributed by atoms with Gasteiger partial charge in [0, 0.05) is 6.54 Å². The first-order valence-corrected chi connectivity index (χ1v) is 4.69. The lowest BCUT2D eigenvalue weighted by atomic mass is 10.4. The van der Waals surface area contributed by atoms with Crippen LogP contribution in [0, 0.1) is 0 Å². The van der Waals surface area contributed by atoms with Crippen molar-refractivity contribution in [3.05, 3.63) is 24.8 Å². The molecule has 15 heavy (non-hydrogen) atoms. The molecule has 0 radical (unpaired) electrons. The third kappa shape index (κ3) is 4.80. The highest BCUT2D eigenvalue weighted by Crippen LogP contribution is 1.85. The van der Waals surface area contributed by atoms with E-state index in [9.17, 15) is 0 Å². The fraction of sp³-hybridized carbons (Fsp3) is 0.444. The summed E-state index contributed by atoms with van der Waals surface area (Å²) in [6, 6.07) is 0. The Balaban J connectivity index is 2.19. The van der Waals surface area contributed by atoms with Gasteiger partial charge in [0.25, 0.3) is 0 Å². The molecule has 0 aliphatic heterocycles. The zero-order valence-electron chi connectivity index (χ0n) is 8.85. The van der Waals surface area contributed by atoms with Crippen molar-refractivity contribution in [2.75, 3.05) is 13.1 Å². The molecule has 6 heteroatoms. The molecule has 0 unspecified atom stereocenters. The van der Waals surface area contributed by atoms with Crippen LogP contribution >= 0.6 is 0 Å². The van der Waals surface area contributed by atoms with Crippen LogP contribution in [0.3, 0.4) is 0 Å². The number of aliphatic imine (C=N–C) groups is 1. The number of nitrogens with one attached hydrogen (secondary N) is 1. The van der Waals surface area contributed by atoms with E-state index in [1.165, 1.54) is 6.33 Å². The topological polar surface area (TPSA) is 81.1 Å². The second-order valence-electron chi connectivity index (χ2n) is 3.24. The minimum atomic E-state index is 0.429. The van der Waals surface area contributed by atoms with Crippen LogP contribution in [0.15, 0.2) is 29.8 Å². The van der Waals surface area contributed by atoms with Crippen molar-refractivity contribution in [3.63, 3.8) is 0 Å². The quantitative estimate of drug-likeness (QED) is 0.397. The molecule has 0 fully saturated rings. The molecule has 0 spiro atoms. The summed E-state index contributed by atoms with van der Waals surface area (Å²) in [5, 5.41) is 6.93. The number of rotatable bonds is 5. The van der Waals surface area contributed by atoms with Gasteiger partial charge in [-0.15, -0.1) is 0 Å². The number of nitrogens with two attached hydrogens (primary N) is 1. The van der Waals surface area contributed by atoms with Crippen LogP contribution in [0.1, 0.15) is 6.92 Å². The molecule has 0 saturated heterocycles. The lowest BCUT2D eigenvalue weighted by Crippen LogP contribution is -2.34. The van der Waals surface area contributed by atoms with E-state index in [-0.39, 0.29) is 0 Å². The van der Waals surface area contributed by atoms with Crippen molar-refractivity contribution >= 4 is 5.96 Å². The first-order valence-electron chi connectivity index (χ1n) is 4.69. The van der Waals surface area contributed by atoms with E-state index in [4.69, 9.17) is 5.73 Å². The summed E-state index contributed by atoms with van der Waals surface area (Å²) in [6.45, 7) is 7.59. The first-order chi connectivity index (χ1) is 7.18. The molecule has 0 amide bonds. The summed E-state index contributed by atoms with van der Waals surface area (Å²) in [5.41, 5.74) is 6.60. The van der Waals surface area contributed by atoms with Crippen LogP contribution in [-0.2, 0) is 6.54 Å². The van der Waals surface area contributed by atoms with E-state index >= 15 is 0 Å². The third-order valence-corrected chi connectivity index (χ3v) is 1.63. The highest BCUT2D eigenvalue weighted by atomic mass is 15.3. The molecule has 1 aromatic heterocycles. The monoisotopic (exact) mass is 208 g/mol. The summed E-state index contributed by atoms with van der Waals surface area (Å²) in [5.74, 6) is 0.429. The maximum absolute atomic E-state index is 5.61. The predicted molar refractivity (Wildman–Crippen MR) is 59.3 cm³/mol. The van der Waals surface area contributed by atoms with Gasteiger partial charge in [0.15, 0.2) is 5.96 Å². The lowest BCUT2D eigenvalue weighted by molar-refractivity contribution is 0.600.